The molecule has 5 nitrogen and oxygen atoms in total. The molecule has 0 aliphatic carbocycles. The quantitative estimate of drug-likeness (QED) is 0.785. The second-order valence-corrected chi connectivity index (χ2v) is 6.23. The van der Waals surface area contributed by atoms with Gasteiger partial charge in [0.05, 0.1) is 5.54 Å². The van der Waals surface area contributed by atoms with E-state index in [1.54, 1.807) is 4.90 Å². The van der Waals surface area contributed by atoms with Crippen molar-refractivity contribution in [2.45, 2.75) is 64.6 Å². The first kappa shape index (κ1) is 14.8. The number of carbonyl (C=O) groups is 2. The van der Waals surface area contributed by atoms with Crippen LogP contribution < -0.4 is 5.32 Å². The molecule has 104 valence electrons. The zero-order valence-corrected chi connectivity index (χ0v) is 11.9. The van der Waals surface area contributed by atoms with E-state index in [0.29, 0.717) is 13.0 Å². The minimum absolute atomic E-state index is 0.137. The van der Waals surface area contributed by atoms with Gasteiger partial charge in [0.25, 0.3) is 0 Å². The van der Waals surface area contributed by atoms with Crippen LogP contribution in [0.1, 0.15) is 47.5 Å². The lowest BCUT2D eigenvalue weighted by Gasteiger charge is -2.38. The van der Waals surface area contributed by atoms with E-state index in [1.807, 2.05) is 34.6 Å². The first-order valence-electron chi connectivity index (χ1n) is 6.39. The summed E-state index contributed by atoms with van der Waals surface area (Å²) in [5.41, 5.74) is -0.860. The number of hydrogen-bond donors (Lipinski definition) is 1. The third kappa shape index (κ3) is 3.37. The lowest BCUT2D eigenvalue weighted by molar-refractivity contribution is -0.110. The molecule has 1 aliphatic rings. The molecule has 1 saturated heterocycles. The number of ether oxygens (including phenoxy) is 1. The third-order valence-corrected chi connectivity index (χ3v) is 3.28. The summed E-state index contributed by atoms with van der Waals surface area (Å²) >= 11 is 0. The average molecular weight is 256 g/mol. The van der Waals surface area contributed by atoms with Crippen LogP contribution in [0.3, 0.4) is 0 Å². The van der Waals surface area contributed by atoms with Crippen LogP contribution in [-0.2, 0) is 9.53 Å². The number of nitrogens with one attached hydrogen (secondary N) is 1. The maximum Gasteiger partial charge on any atom is 0.411 e. The van der Waals surface area contributed by atoms with Crippen LogP contribution in [0.4, 0.5) is 4.79 Å². The molecule has 1 rings (SSSR count). The van der Waals surface area contributed by atoms with Crippen molar-refractivity contribution in [2.75, 3.05) is 6.54 Å². The van der Waals surface area contributed by atoms with E-state index in [4.69, 9.17) is 4.74 Å². The Morgan fingerprint density at radius 3 is 2.67 bits per heavy atom. The summed E-state index contributed by atoms with van der Waals surface area (Å²) in [6.07, 6.45) is 2.16. The summed E-state index contributed by atoms with van der Waals surface area (Å²) < 4.78 is 5.44. The summed E-state index contributed by atoms with van der Waals surface area (Å²) in [5.74, 6) is 0. The number of nitrogens with zero attached hydrogens (tertiary/aromatic N) is 1. The second kappa shape index (κ2) is 5.16. The molecule has 0 aromatic rings. The van der Waals surface area contributed by atoms with E-state index in [9.17, 15) is 9.59 Å². The van der Waals surface area contributed by atoms with Crippen molar-refractivity contribution in [1.29, 1.82) is 0 Å². The smallest absolute Gasteiger partial charge is 0.411 e. The summed E-state index contributed by atoms with van der Waals surface area (Å²) in [6, 6.07) is 0.137. The Morgan fingerprint density at radius 1 is 1.56 bits per heavy atom. The molecule has 0 spiro atoms. The normalized spacial score (nSPS) is 28.1. The van der Waals surface area contributed by atoms with E-state index in [2.05, 4.69) is 5.32 Å². The lowest BCUT2D eigenvalue weighted by atomic mass is 9.99. The Kier molecular flexibility index (Phi) is 4.24. The van der Waals surface area contributed by atoms with Crippen LogP contribution in [0.2, 0.25) is 0 Å². The molecule has 0 aromatic heterocycles. The van der Waals surface area contributed by atoms with Gasteiger partial charge < -0.3 is 10.1 Å². The molecule has 2 atom stereocenters. The van der Waals surface area contributed by atoms with Crippen molar-refractivity contribution in [1.82, 2.24) is 10.2 Å². The first-order valence-corrected chi connectivity index (χ1v) is 6.39. The molecule has 0 saturated carbocycles. The van der Waals surface area contributed by atoms with Gasteiger partial charge in [0.2, 0.25) is 6.41 Å². The fraction of sp³-hybridized carbons (Fsp3) is 0.846. The number of hydrogen-bond acceptors (Lipinski definition) is 3. The van der Waals surface area contributed by atoms with Crippen molar-refractivity contribution in [2.24, 2.45) is 0 Å². The fourth-order valence-electron chi connectivity index (χ4n) is 2.45. The van der Waals surface area contributed by atoms with Crippen molar-refractivity contribution in [3.8, 4) is 0 Å². The molecular formula is C13H24N2O3. The van der Waals surface area contributed by atoms with E-state index in [0.717, 1.165) is 12.8 Å². The van der Waals surface area contributed by atoms with Gasteiger partial charge in [-0.15, -0.1) is 0 Å². The van der Waals surface area contributed by atoms with E-state index in [-0.39, 0.29) is 17.7 Å². The van der Waals surface area contributed by atoms with Gasteiger partial charge in [0, 0.05) is 12.6 Å². The second-order valence-electron chi connectivity index (χ2n) is 6.23. The topological polar surface area (TPSA) is 58.6 Å². The highest BCUT2D eigenvalue weighted by molar-refractivity contribution is 5.70. The van der Waals surface area contributed by atoms with Gasteiger partial charge in [-0.3, -0.25) is 9.69 Å². The number of amides is 2. The van der Waals surface area contributed by atoms with Crippen molar-refractivity contribution in [3.05, 3.63) is 0 Å². The molecule has 2 amide bonds. The SMILES string of the molecule is CC1CCC(C)(CNC=O)N1C(=O)OC(C)(C)C. The zero-order valence-electron chi connectivity index (χ0n) is 11.9. The van der Waals surface area contributed by atoms with Gasteiger partial charge in [-0.2, -0.15) is 0 Å². The Morgan fingerprint density at radius 2 is 2.17 bits per heavy atom. The van der Waals surface area contributed by atoms with Crippen LogP contribution in [0.15, 0.2) is 0 Å². The number of rotatable bonds is 3. The molecule has 0 aromatic carbocycles. The Balaban J connectivity index is 2.81. The molecule has 1 N–H and O–H groups in total. The van der Waals surface area contributed by atoms with E-state index in [1.165, 1.54) is 0 Å². The van der Waals surface area contributed by atoms with Gasteiger partial charge in [-0.05, 0) is 47.5 Å². The molecule has 2 unspecified atom stereocenters. The van der Waals surface area contributed by atoms with Crippen LogP contribution in [0, 0.1) is 0 Å². The lowest BCUT2D eigenvalue weighted by Crippen LogP contribution is -2.54. The molecule has 5 heteroatoms. The van der Waals surface area contributed by atoms with E-state index >= 15 is 0 Å². The zero-order chi connectivity index (χ0) is 14.0. The largest absolute Gasteiger partial charge is 0.444 e. The summed E-state index contributed by atoms with van der Waals surface area (Å²) in [5, 5.41) is 2.67. The number of carbonyl (C=O) groups excluding carboxylic acids is 2. The minimum Gasteiger partial charge on any atom is -0.444 e. The maximum atomic E-state index is 12.2. The van der Waals surface area contributed by atoms with Crippen molar-refractivity contribution >= 4 is 12.5 Å². The van der Waals surface area contributed by atoms with Crippen LogP contribution in [-0.4, -0.2) is 41.1 Å². The first-order chi connectivity index (χ1) is 8.19. The predicted octanol–water partition coefficient (Wildman–Crippen LogP) is 1.91. The molecule has 1 aliphatic heterocycles. The summed E-state index contributed by atoms with van der Waals surface area (Å²) in [4.78, 5) is 24.4. The van der Waals surface area contributed by atoms with Gasteiger partial charge in [0.1, 0.15) is 5.60 Å². The Labute approximate surface area is 109 Å². The number of likely N-dealkylation sites (tertiary alicyclic amines) is 1. The van der Waals surface area contributed by atoms with E-state index < -0.39 is 5.60 Å². The summed E-state index contributed by atoms with van der Waals surface area (Å²) in [6.45, 7) is 10.0. The van der Waals surface area contributed by atoms with Crippen molar-refractivity contribution < 1.29 is 14.3 Å². The molecule has 18 heavy (non-hydrogen) atoms. The van der Waals surface area contributed by atoms with Gasteiger partial charge in [-0.25, -0.2) is 4.79 Å². The predicted molar refractivity (Wildman–Crippen MR) is 69.2 cm³/mol. The Hall–Kier alpha value is -1.26. The van der Waals surface area contributed by atoms with Gasteiger partial charge in [-0.1, -0.05) is 0 Å². The highest BCUT2D eigenvalue weighted by Crippen LogP contribution is 2.34. The highest BCUT2D eigenvalue weighted by atomic mass is 16.6. The Bertz CT molecular complexity index is 325. The van der Waals surface area contributed by atoms with Gasteiger partial charge >= 0.3 is 6.09 Å². The standard InChI is InChI=1S/C13H24N2O3/c1-10-6-7-13(5,8-14-9-16)15(10)11(17)18-12(2,3)4/h9-10H,6-8H2,1-5H3,(H,14,16). The van der Waals surface area contributed by atoms with Crippen LogP contribution in [0.5, 0.6) is 0 Å². The molecule has 0 bridgehead atoms. The fourth-order valence-corrected chi connectivity index (χ4v) is 2.45. The van der Waals surface area contributed by atoms with Gasteiger partial charge in [0.15, 0.2) is 0 Å². The molecular weight excluding hydrogens is 232 g/mol. The highest BCUT2D eigenvalue weighted by Gasteiger charge is 2.45. The molecule has 0 radical (unpaired) electrons. The maximum absolute atomic E-state index is 12.2. The molecule has 1 heterocycles. The van der Waals surface area contributed by atoms with Crippen LogP contribution >= 0.6 is 0 Å². The third-order valence-electron chi connectivity index (χ3n) is 3.28. The average Bonchev–Trinajstić information content (AvgIpc) is 2.50. The van der Waals surface area contributed by atoms with Crippen molar-refractivity contribution in [3.63, 3.8) is 0 Å². The summed E-state index contributed by atoms with van der Waals surface area (Å²) in [7, 11) is 0. The monoisotopic (exact) mass is 256 g/mol. The van der Waals surface area contributed by atoms with Crippen LogP contribution in [0.25, 0.3) is 0 Å². The molecule has 1 fully saturated rings. The minimum atomic E-state index is -0.502.